The highest BCUT2D eigenvalue weighted by Crippen LogP contribution is 2.26. The van der Waals surface area contributed by atoms with Crippen molar-refractivity contribution < 1.29 is 9.90 Å². The van der Waals surface area contributed by atoms with Crippen molar-refractivity contribution in [2.24, 2.45) is 11.7 Å². The molecule has 4 heteroatoms. The van der Waals surface area contributed by atoms with E-state index >= 15 is 0 Å². The summed E-state index contributed by atoms with van der Waals surface area (Å²) >= 11 is 0. The molecule has 0 saturated heterocycles. The van der Waals surface area contributed by atoms with E-state index in [9.17, 15) is 9.90 Å². The van der Waals surface area contributed by atoms with Crippen LogP contribution in [-0.2, 0) is 4.79 Å². The van der Waals surface area contributed by atoms with E-state index in [2.05, 4.69) is 13.8 Å². The second-order valence-corrected chi connectivity index (χ2v) is 5.97. The summed E-state index contributed by atoms with van der Waals surface area (Å²) in [7, 11) is 0. The van der Waals surface area contributed by atoms with Crippen LogP contribution in [0.2, 0.25) is 0 Å². The third kappa shape index (κ3) is 4.74. The Morgan fingerprint density at radius 1 is 1.43 bits per heavy atom. The average molecular weight is 292 g/mol. The van der Waals surface area contributed by atoms with Crippen LogP contribution in [0.3, 0.4) is 0 Å². The lowest BCUT2D eigenvalue weighted by Gasteiger charge is -2.33. The fourth-order valence-corrected chi connectivity index (χ4v) is 2.58. The van der Waals surface area contributed by atoms with Gasteiger partial charge < -0.3 is 15.7 Å². The normalized spacial score (nSPS) is 16.8. The van der Waals surface area contributed by atoms with Gasteiger partial charge >= 0.3 is 5.97 Å². The number of aliphatic carboxylic acids is 1. The molecule has 1 aliphatic carbocycles. The van der Waals surface area contributed by atoms with Gasteiger partial charge in [-0.05, 0) is 45.1 Å². The lowest BCUT2D eigenvalue weighted by molar-refractivity contribution is -0.132. The molecule has 0 aromatic heterocycles. The molecule has 118 valence electrons. The number of carboxylic acid groups (broad SMARTS) is 1. The van der Waals surface area contributed by atoms with Gasteiger partial charge in [-0.2, -0.15) is 0 Å². The van der Waals surface area contributed by atoms with Crippen molar-refractivity contribution in [3.8, 4) is 0 Å². The van der Waals surface area contributed by atoms with E-state index in [1.165, 1.54) is 0 Å². The molecule has 1 rings (SSSR count). The third-order valence-corrected chi connectivity index (χ3v) is 3.80. The Kier molecular flexibility index (Phi) is 6.69. The number of allylic oxidation sites excluding steroid dienone is 4. The summed E-state index contributed by atoms with van der Waals surface area (Å²) in [5, 5.41) is 9.55. The van der Waals surface area contributed by atoms with Gasteiger partial charge in [0, 0.05) is 6.54 Å². The molecule has 3 N–H and O–H groups in total. The fourth-order valence-electron chi connectivity index (χ4n) is 2.58. The monoisotopic (exact) mass is 292 g/mol. The first-order chi connectivity index (χ1) is 9.88. The summed E-state index contributed by atoms with van der Waals surface area (Å²) in [6.07, 6.45) is 8.19. The topological polar surface area (TPSA) is 66.6 Å². The van der Waals surface area contributed by atoms with Gasteiger partial charge in [0.2, 0.25) is 0 Å². The molecule has 0 aliphatic heterocycles. The number of nitrogens with two attached hydrogens (primary N) is 1. The molecular formula is C17H28N2O2. The molecule has 0 saturated carbocycles. The number of rotatable bonds is 7. The van der Waals surface area contributed by atoms with E-state index in [1.807, 2.05) is 37.0 Å². The van der Waals surface area contributed by atoms with Crippen LogP contribution in [-0.4, -0.2) is 28.7 Å². The average Bonchev–Trinajstić information content (AvgIpc) is 2.59. The van der Waals surface area contributed by atoms with Gasteiger partial charge in [0.05, 0.1) is 17.4 Å². The molecule has 0 bridgehead atoms. The van der Waals surface area contributed by atoms with Crippen LogP contribution < -0.4 is 5.73 Å². The fraction of sp³-hybridized carbons (Fsp3) is 0.588. The predicted octanol–water partition coefficient (Wildman–Crippen LogP) is 3.27. The molecular weight excluding hydrogens is 264 g/mol. The van der Waals surface area contributed by atoms with Crippen molar-refractivity contribution >= 4 is 5.97 Å². The first-order valence-corrected chi connectivity index (χ1v) is 7.70. The minimum atomic E-state index is -0.878. The molecule has 0 heterocycles. The van der Waals surface area contributed by atoms with Crippen LogP contribution in [0.4, 0.5) is 0 Å². The van der Waals surface area contributed by atoms with E-state index in [4.69, 9.17) is 5.73 Å². The zero-order valence-corrected chi connectivity index (χ0v) is 13.6. The lowest BCUT2D eigenvalue weighted by Crippen LogP contribution is -2.42. The smallest absolute Gasteiger partial charge is 0.337 e. The van der Waals surface area contributed by atoms with Gasteiger partial charge in [-0.3, -0.25) is 0 Å². The molecule has 1 atom stereocenters. The third-order valence-electron chi connectivity index (χ3n) is 3.80. The zero-order valence-electron chi connectivity index (χ0n) is 13.6. The Morgan fingerprint density at radius 3 is 2.62 bits per heavy atom. The maximum atomic E-state index is 11.6. The summed E-state index contributed by atoms with van der Waals surface area (Å²) in [5.41, 5.74) is 8.30. The molecule has 0 spiro atoms. The van der Waals surface area contributed by atoms with Crippen LogP contribution >= 0.6 is 0 Å². The summed E-state index contributed by atoms with van der Waals surface area (Å²) in [4.78, 5) is 13.6. The zero-order chi connectivity index (χ0) is 16.0. The SMILES string of the molecule is CCN(C1=CC=CCC(C)=C1C(=O)O)C(N)CCC(C)C. The number of nitrogens with zero attached hydrogens (tertiary/aromatic N) is 1. The summed E-state index contributed by atoms with van der Waals surface area (Å²) < 4.78 is 0. The Labute approximate surface area is 128 Å². The molecule has 0 amide bonds. The first-order valence-electron chi connectivity index (χ1n) is 7.70. The molecule has 1 aliphatic rings. The van der Waals surface area contributed by atoms with Crippen LogP contribution in [0.5, 0.6) is 0 Å². The Morgan fingerprint density at radius 2 is 2.10 bits per heavy atom. The predicted molar refractivity (Wildman–Crippen MR) is 86.6 cm³/mol. The standard InChI is InChI=1S/C17H28N2O2/c1-5-19(15(18)11-10-12(2)3)14-9-7-6-8-13(4)16(14)17(20)21/h6-7,9,12,15H,5,8,10-11,18H2,1-4H3,(H,20,21). The Bertz CT molecular complexity index is 461. The molecule has 4 nitrogen and oxygen atoms in total. The molecule has 0 aromatic carbocycles. The summed E-state index contributed by atoms with van der Waals surface area (Å²) in [6, 6.07) is 0. The number of carboxylic acids is 1. The lowest BCUT2D eigenvalue weighted by atomic mass is 10.0. The van der Waals surface area contributed by atoms with Gasteiger partial charge in [-0.1, -0.05) is 31.6 Å². The number of carbonyl (C=O) groups is 1. The van der Waals surface area contributed by atoms with Gasteiger partial charge in [-0.25, -0.2) is 4.79 Å². The highest BCUT2D eigenvalue weighted by molar-refractivity contribution is 5.92. The second kappa shape index (κ2) is 8.03. The largest absolute Gasteiger partial charge is 0.478 e. The first kappa shape index (κ1) is 17.5. The maximum absolute atomic E-state index is 11.6. The molecule has 21 heavy (non-hydrogen) atoms. The van der Waals surface area contributed by atoms with Crippen molar-refractivity contribution in [2.45, 2.75) is 53.1 Å². The number of hydrogen-bond acceptors (Lipinski definition) is 3. The van der Waals surface area contributed by atoms with Crippen molar-refractivity contribution in [1.29, 1.82) is 0 Å². The summed E-state index contributed by atoms with van der Waals surface area (Å²) in [5.74, 6) is -0.286. The van der Waals surface area contributed by atoms with Crippen molar-refractivity contribution in [3.63, 3.8) is 0 Å². The van der Waals surface area contributed by atoms with E-state index in [-0.39, 0.29) is 6.17 Å². The maximum Gasteiger partial charge on any atom is 0.337 e. The van der Waals surface area contributed by atoms with Gasteiger partial charge in [0.1, 0.15) is 0 Å². The highest BCUT2D eigenvalue weighted by atomic mass is 16.4. The van der Waals surface area contributed by atoms with Crippen LogP contribution in [0.25, 0.3) is 0 Å². The molecule has 0 radical (unpaired) electrons. The van der Waals surface area contributed by atoms with E-state index in [0.717, 1.165) is 24.1 Å². The van der Waals surface area contributed by atoms with E-state index in [1.54, 1.807) is 0 Å². The molecule has 1 unspecified atom stereocenters. The minimum Gasteiger partial charge on any atom is -0.478 e. The minimum absolute atomic E-state index is 0.155. The molecule has 0 aromatic rings. The quantitative estimate of drug-likeness (QED) is 0.707. The van der Waals surface area contributed by atoms with Crippen LogP contribution in [0.1, 0.15) is 47.0 Å². The van der Waals surface area contributed by atoms with Crippen LogP contribution in [0.15, 0.2) is 35.1 Å². The molecule has 0 fully saturated rings. The van der Waals surface area contributed by atoms with Gasteiger partial charge in [0.25, 0.3) is 0 Å². The number of hydrogen-bond donors (Lipinski definition) is 2. The van der Waals surface area contributed by atoms with Gasteiger partial charge in [0.15, 0.2) is 0 Å². The van der Waals surface area contributed by atoms with E-state index in [0.29, 0.717) is 24.5 Å². The highest BCUT2D eigenvalue weighted by Gasteiger charge is 2.24. The van der Waals surface area contributed by atoms with Crippen LogP contribution in [0, 0.1) is 5.92 Å². The Balaban J connectivity index is 3.06. The second-order valence-electron chi connectivity index (χ2n) is 5.97. The Hall–Kier alpha value is -1.55. The summed E-state index contributed by atoms with van der Waals surface area (Å²) in [6.45, 7) is 8.93. The van der Waals surface area contributed by atoms with Crippen molar-refractivity contribution in [3.05, 3.63) is 35.1 Å². The number of likely N-dealkylation sites (N-methyl/N-ethyl adjacent to an activating group) is 1. The van der Waals surface area contributed by atoms with Crippen molar-refractivity contribution in [1.82, 2.24) is 4.90 Å². The van der Waals surface area contributed by atoms with E-state index < -0.39 is 5.97 Å². The van der Waals surface area contributed by atoms with Crippen molar-refractivity contribution in [2.75, 3.05) is 6.54 Å². The van der Waals surface area contributed by atoms with Gasteiger partial charge in [-0.15, -0.1) is 0 Å².